The van der Waals surface area contributed by atoms with E-state index in [1.54, 1.807) is 42.9 Å². The van der Waals surface area contributed by atoms with Gasteiger partial charge < -0.3 is 10.4 Å². The number of carbonyl (C=O) groups is 1. The number of benzene rings is 1. The Labute approximate surface area is 137 Å². The number of aliphatic hydroxyl groups is 1. The third kappa shape index (κ3) is 3.31. The summed E-state index contributed by atoms with van der Waals surface area (Å²) in [5.41, 5.74) is 0.443. The van der Waals surface area contributed by atoms with Crippen molar-refractivity contribution in [3.63, 3.8) is 0 Å². The van der Waals surface area contributed by atoms with Gasteiger partial charge in [0.2, 0.25) is 0 Å². The fourth-order valence-electron chi connectivity index (χ4n) is 2.29. The normalized spacial score (nSPS) is 11.9. The summed E-state index contributed by atoms with van der Waals surface area (Å²) in [6.07, 6.45) is 3.67. The lowest BCUT2D eigenvalue weighted by atomic mass is 10.1. The molecule has 2 N–H and O–H groups in total. The van der Waals surface area contributed by atoms with Crippen molar-refractivity contribution in [2.24, 2.45) is 0 Å². The molecule has 1 atom stereocenters. The second kappa shape index (κ2) is 7.01. The Bertz CT molecular complexity index is 836. The first-order valence-electron chi connectivity index (χ1n) is 7.32. The first-order chi connectivity index (χ1) is 11.7. The lowest BCUT2D eigenvalue weighted by Crippen LogP contribution is -2.29. The van der Waals surface area contributed by atoms with E-state index in [1.165, 1.54) is 22.9 Å². The van der Waals surface area contributed by atoms with E-state index in [0.717, 1.165) is 0 Å². The van der Waals surface area contributed by atoms with Crippen LogP contribution >= 0.6 is 0 Å². The van der Waals surface area contributed by atoms with Gasteiger partial charge in [-0.2, -0.15) is 5.10 Å². The van der Waals surface area contributed by atoms with Gasteiger partial charge in [-0.3, -0.25) is 4.79 Å². The van der Waals surface area contributed by atoms with Crippen LogP contribution in [0, 0.1) is 5.82 Å². The van der Waals surface area contributed by atoms with Crippen molar-refractivity contribution in [3.8, 4) is 5.82 Å². The molecule has 0 aliphatic rings. The monoisotopic (exact) mass is 326 g/mol. The Morgan fingerprint density at radius 1 is 1.21 bits per heavy atom. The molecule has 122 valence electrons. The van der Waals surface area contributed by atoms with E-state index >= 15 is 0 Å². The quantitative estimate of drug-likeness (QED) is 0.750. The summed E-state index contributed by atoms with van der Waals surface area (Å²) in [7, 11) is 0. The highest BCUT2D eigenvalue weighted by Gasteiger charge is 2.17. The number of hydrogen-bond donors (Lipinski definition) is 2. The molecule has 0 saturated heterocycles. The van der Waals surface area contributed by atoms with Gasteiger partial charge in [0.15, 0.2) is 5.82 Å². The zero-order valence-corrected chi connectivity index (χ0v) is 12.6. The number of aromatic nitrogens is 3. The molecule has 0 bridgehead atoms. The summed E-state index contributed by atoms with van der Waals surface area (Å²) in [4.78, 5) is 16.5. The molecule has 0 spiro atoms. The smallest absolute Gasteiger partial charge is 0.255 e. The zero-order valence-electron chi connectivity index (χ0n) is 12.6. The summed E-state index contributed by atoms with van der Waals surface area (Å²) in [5.74, 6) is -0.567. The SMILES string of the molecule is O=C(NCC(O)c1ccccc1F)c1cccnc1-n1cccn1. The maximum atomic E-state index is 13.6. The predicted octanol–water partition coefficient (Wildman–Crippen LogP) is 1.87. The molecular weight excluding hydrogens is 311 g/mol. The van der Waals surface area contributed by atoms with E-state index in [1.807, 2.05) is 0 Å². The minimum absolute atomic E-state index is 0.118. The van der Waals surface area contributed by atoms with Gasteiger partial charge in [0, 0.05) is 30.7 Å². The van der Waals surface area contributed by atoms with Crippen molar-refractivity contribution in [1.82, 2.24) is 20.1 Å². The third-order valence-electron chi connectivity index (χ3n) is 3.47. The highest BCUT2D eigenvalue weighted by atomic mass is 19.1. The molecule has 0 radical (unpaired) electrons. The number of amides is 1. The third-order valence-corrected chi connectivity index (χ3v) is 3.47. The molecule has 0 aliphatic heterocycles. The lowest BCUT2D eigenvalue weighted by Gasteiger charge is -2.14. The zero-order chi connectivity index (χ0) is 16.9. The standard InChI is InChI=1S/C17H15FN4O2/c18-14-7-2-1-5-12(14)15(23)11-20-17(24)13-6-3-8-19-16(13)22-10-4-9-21-22/h1-10,15,23H,11H2,(H,20,24). The molecule has 2 aromatic heterocycles. The molecule has 3 rings (SSSR count). The maximum Gasteiger partial charge on any atom is 0.255 e. The molecular formula is C17H15FN4O2. The molecule has 1 aromatic carbocycles. The second-order valence-corrected chi connectivity index (χ2v) is 5.07. The van der Waals surface area contributed by atoms with Gasteiger partial charge in [-0.15, -0.1) is 0 Å². The van der Waals surface area contributed by atoms with Crippen LogP contribution in [0.5, 0.6) is 0 Å². The Balaban J connectivity index is 1.74. The van der Waals surface area contributed by atoms with E-state index in [2.05, 4.69) is 15.4 Å². The first-order valence-corrected chi connectivity index (χ1v) is 7.32. The van der Waals surface area contributed by atoms with Crippen molar-refractivity contribution in [2.45, 2.75) is 6.10 Å². The van der Waals surface area contributed by atoms with E-state index in [9.17, 15) is 14.3 Å². The van der Waals surface area contributed by atoms with Crippen LogP contribution in [0.1, 0.15) is 22.0 Å². The predicted molar refractivity (Wildman–Crippen MR) is 85.1 cm³/mol. The van der Waals surface area contributed by atoms with Crippen molar-refractivity contribution in [1.29, 1.82) is 0 Å². The molecule has 0 aliphatic carbocycles. The van der Waals surface area contributed by atoms with Crippen LogP contribution in [0.15, 0.2) is 61.1 Å². The number of aliphatic hydroxyl groups excluding tert-OH is 1. The van der Waals surface area contributed by atoms with E-state index < -0.39 is 17.8 Å². The molecule has 1 amide bonds. The Morgan fingerprint density at radius 3 is 2.79 bits per heavy atom. The number of halogens is 1. The van der Waals surface area contributed by atoms with Crippen molar-refractivity contribution in [2.75, 3.05) is 6.54 Å². The van der Waals surface area contributed by atoms with Gasteiger partial charge in [-0.05, 0) is 24.3 Å². The van der Waals surface area contributed by atoms with Crippen LogP contribution < -0.4 is 5.32 Å². The first kappa shape index (κ1) is 15.8. The molecule has 0 fully saturated rings. The summed E-state index contributed by atoms with van der Waals surface area (Å²) in [5, 5.41) is 16.7. The minimum atomic E-state index is -1.14. The van der Waals surface area contributed by atoms with Crippen LogP contribution in [-0.4, -0.2) is 32.3 Å². The van der Waals surface area contributed by atoms with Gasteiger partial charge in [0.25, 0.3) is 5.91 Å². The summed E-state index contributed by atoms with van der Waals surface area (Å²) in [6, 6.07) is 10.9. The second-order valence-electron chi connectivity index (χ2n) is 5.07. The van der Waals surface area contributed by atoms with Gasteiger partial charge >= 0.3 is 0 Å². The highest BCUT2D eigenvalue weighted by molar-refractivity contribution is 5.97. The Kier molecular flexibility index (Phi) is 4.62. The highest BCUT2D eigenvalue weighted by Crippen LogP contribution is 2.16. The topological polar surface area (TPSA) is 80.0 Å². The summed E-state index contributed by atoms with van der Waals surface area (Å²) < 4.78 is 15.1. The fourth-order valence-corrected chi connectivity index (χ4v) is 2.29. The molecule has 0 saturated carbocycles. The maximum absolute atomic E-state index is 13.6. The summed E-state index contributed by atoms with van der Waals surface area (Å²) in [6.45, 7) is -0.118. The van der Waals surface area contributed by atoms with Gasteiger partial charge in [0.05, 0.1) is 11.7 Å². The van der Waals surface area contributed by atoms with E-state index in [0.29, 0.717) is 11.4 Å². The van der Waals surface area contributed by atoms with Gasteiger partial charge in [-0.25, -0.2) is 14.1 Å². The van der Waals surface area contributed by atoms with Crippen LogP contribution in [-0.2, 0) is 0 Å². The molecule has 1 unspecified atom stereocenters. The van der Waals surface area contributed by atoms with Crippen molar-refractivity contribution < 1.29 is 14.3 Å². The molecule has 3 aromatic rings. The number of nitrogens with zero attached hydrogens (tertiary/aromatic N) is 3. The number of carbonyl (C=O) groups excluding carboxylic acids is 1. The van der Waals surface area contributed by atoms with Crippen molar-refractivity contribution >= 4 is 5.91 Å². The van der Waals surface area contributed by atoms with Gasteiger partial charge in [0.1, 0.15) is 5.82 Å². The van der Waals surface area contributed by atoms with E-state index in [-0.39, 0.29) is 12.1 Å². The molecule has 24 heavy (non-hydrogen) atoms. The number of pyridine rings is 1. The Hall–Kier alpha value is -3.06. The van der Waals surface area contributed by atoms with Crippen LogP contribution in [0.25, 0.3) is 5.82 Å². The number of hydrogen-bond acceptors (Lipinski definition) is 4. The average molecular weight is 326 g/mol. The fraction of sp³-hybridized carbons (Fsp3) is 0.118. The van der Waals surface area contributed by atoms with Crippen molar-refractivity contribution in [3.05, 3.63) is 78.0 Å². The van der Waals surface area contributed by atoms with Crippen LogP contribution in [0.4, 0.5) is 4.39 Å². The molecule has 2 heterocycles. The number of nitrogens with one attached hydrogen (secondary N) is 1. The van der Waals surface area contributed by atoms with E-state index in [4.69, 9.17) is 0 Å². The largest absolute Gasteiger partial charge is 0.386 e. The molecule has 6 nitrogen and oxygen atoms in total. The molecule has 7 heteroatoms. The van der Waals surface area contributed by atoms with Crippen LogP contribution in [0.2, 0.25) is 0 Å². The minimum Gasteiger partial charge on any atom is -0.386 e. The average Bonchev–Trinajstić information content (AvgIpc) is 3.14. The van der Waals surface area contributed by atoms with Crippen LogP contribution in [0.3, 0.4) is 0 Å². The number of rotatable bonds is 5. The summed E-state index contributed by atoms with van der Waals surface area (Å²) >= 11 is 0. The Morgan fingerprint density at radius 2 is 2.04 bits per heavy atom. The van der Waals surface area contributed by atoms with Gasteiger partial charge in [-0.1, -0.05) is 18.2 Å². The lowest BCUT2D eigenvalue weighted by molar-refractivity contribution is 0.0913.